The average molecular weight is 443 g/mol. The summed E-state index contributed by atoms with van der Waals surface area (Å²) < 4.78 is 7.43. The van der Waals surface area contributed by atoms with Crippen molar-refractivity contribution in [2.45, 2.75) is 66.7 Å². The van der Waals surface area contributed by atoms with Crippen LogP contribution in [0.1, 0.15) is 52.9 Å². The van der Waals surface area contributed by atoms with Crippen molar-refractivity contribution in [2.75, 3.05) is 18.4 Å². The Labute approximate surface area is 191 Å². The van der Waals surface area contributed by atoms with Gasteiger partial charge in [-0.15, -0.1) is 0 Å². The van der Waals surface area contributed by atoms with E-state index < -0.39 is 11.7 Å². The molecule has 1 aromatic carbocycles. The smallest absolute Gasteiger partial charge is 0.412 e. The molecule has 0 fully saturated rings. The highest BCUT2D eigenvalue weighted by Crippen LogP contribution is 2.13. The third kappa shape index (κ3) is 9.41. The van der Waals surface area contributed by atoms with E-state index in [-0.39, 0.29) is 0 Å². The molecule has 0 saturated carbocycles. The van der Waals surface area contributed by atoms with Crippen molar-refractivity contribution in [3.8, 4) is 0 Å². The molecule has 1 amide bonds. The number of ether oxygens (including phenoxy) is 1. The Balaban J connectivity index is 1.85. The zero-order chi connectivity index (χ0) is 23.6. The van der Waals surface area contributed by atoms with Crippen LogP contribution in [0.5, 0.6) is 0 Å². The predicted octanol–water partition coefficient (Wildman–Crippen LogP) is 4.18. The van der Waals surface area contributed by atoms with E-state index in [2.05, 4.69) is 44.3 Å². The number of benzene rings is 1. The summed E-state index contributed by atoms with van der Waals surface area (Å²) in [6.45, 7) is 15.0. The lowest BCUT2D eigenvalue weighted by molar-refractivity contribution is 0.0636. The third-order valence-corrected chi connectivity index (χ3v) is 4.39. The highest BCUT2D eigenvalue weighted by atomic mass is 16.6. The van der Waals surface area contributed by atoms with Gasteiger partial charge in [0.1, 0.15) is 18.0 Å². The molecule has 0 saturated heterocycles. The standard InChI is InChI=1S/C24H38N6O2/c1-7-25-22(28-16-21-26-14-15-30(21)17-18(2)3)27-13-12-19-8-10-20(11-9-19)29-23(31)32-24(4,5)6/h8-11,14-15,18H,7,12-13,16-17H2,1-6H3,(H,29,31)(H2,25,27,28). The van der Waals surface area contributed by atoms with E-state index in [1.807, 2.05) is 64.4 Å². The number of carbonyl (C=O) groups is 1. The summed E-state index contributed by atoms with van der Waals surface area (Å²) in [4.78, 5) is 21.0. The molecule has 2 rings (SSSR count). The number of imidazole rings is 1. The number of aliphatic imine (C=N–C) groups is 1. The molecule has 0 aliphatic rings. The van der Waals surface area contributed by atoms with E-state index in [0.717, 1.165) is 43.4 Å². The number of nitrogens with one attached hydrogen (secondary N) is 3. The number of rotatable bonds is 9. The van der Waals surface area contributed by atoms with E-state index in [1.54, 1.807) is 0 Å². The number of hydrogen-bond acceptors (Lipinski definition) is 4. The van der Waals surface area contributed by atoms with Crippen LogP contribution in [0.3, 0.4) is 0 Å². The molecule has 0 aliphatic carbocycles. The van der Waals surface area contributed by atoms with Gasteiger partial charge in [0.2, 0.25) is 0 Å². The highest BCUT2D eigenvalue weighted by molar-refractivity contribution is 5.84. The lowest BCUT2D eigenvalue weighted by Crippen LogP contribution is -2.38. The first-order valence-electron chi connectivity index (χ1n) is 11.3. The van der Waals surface area contributed by atoms with Crippen LogP contribution in [0.25, 0.3) is 0 Å². The summed E-state index contributed by atoms with van der Waals surface area (Å²) in [5.74, 6) is 2.29. The molecule has 0 spiro atoms. The van der Waals surface area contributed by atoms with Gasteiger partial charge < -0.3 is 19.9 Å². The fourth-order valence-corrected chi connectivity index (χ4v) is 3.04. The summed E-state index contributed by atoms with van der Waals surface area (Å²) >= 11 is 0. The number of amides is 1. The molecular weight excluding hydrogens is 404 g/mol. The van der Waals surface area contributed by atoms with E-state index in [1.165, 1.54) is 0 Å². The largest absolute Gasteiger partial charge is 0.444 e. The van der Waals surface area contributed by atoms with Gasteiger partial charge in [-0.3, -0.25) is 5.32 Å². The lowest BCUT2D eigenvalue weighted by Gasteiger charge is -2.19. The molecule has 8 heteroatoms. The van der Waals surface area contributed by atoms with Gasteiger partial charge in [0.05, 0.1) is 0 Å². The van der Waals surface area contributed by atoms with Crippen LogP contribution in [-0.4, -0.2) is 40.3 Å². The average Bonchev–Trinajstić information content (AvgIpc) is 3.12. The Kier molecular flexibility index (Phi) is 9.56. The Morgan fingerprint density at radius 2 is 1.91 bits per heavy atom. The monoisotopic (exact) mass is 442 g/mol. The molecule has 0 radical (unpaired) electrons. The number of aromatic nitrogens is 2. The maximum Gasteiger partial charge on any atom is 0.412 e. The number of nitrogens with zero attached hydrogens (tertiary/aromatic N) is 3. The van der Waals surface area contributed by atoms with Crippen molar-refractivity contribution in [3.05, 3.63) is 48.0 Å². The van der Waals surface area contributed by atoms with Crippen molar-refractivity contribution in [1.29, 1.82) is 0 Å². The number of hydrogen-bond donors (Lipinski definition) is 3. The molecule has 1 aromatic heterocycles. The molecule has 32 heavy (non-hydrogen) atoms. The van der Waals surface area contributed by atoms with Crippen LogP contribution in [0.4, 0.5) is 10.5 Å². The Bertz CT molecular complexity index is 865. The number of carbonyl (C=O) groups excluding carboxylic acids is 1. The molecule has 0 atom stereocenters. The van der Waals surface area contributed by atoms with Crippen molar-refractivity contribution in [2.24, 2.45) is 10.9 Å². The third-order valence-electron chi connectivity index (χ3n) is 4.39. The molecule has 2 aromatic rings. The normalized spacial score (nSPS) is 12.0. The molecule has 8 nitrogen and oxygen atoms in total. The molecule has 3 N–H and O–H groups in total. The maximum atomic E-state index is 11.9. The van der Waals surface area contributed by atoms with Gasteiger partial charge in [-0.05, 0) is 57.7 Å². The first kappa shape index (κ1) is 25.2. The first-order chi connectivity index (χ1) is 15.2. The summed E-state index contributed by atoms with van der Waals surface area (Å²) in [6.07, 6.45) is 4.22. The van der Waals surface area contributed by atoms with Gasteiger partial charge in [-0.1, -0.05) is 26.0 Å². The van der Waals surface area contributed by atoms with Gasteiger partial charge in [0.25, 0.3) is 0 Å². The second-order valence-electron chi connectivity index (χ2n) is 9.09. The first-order valence-corrected chi connectivity index (χ1v) is 11.3. The van der Waals surface area contributed by atoms with Crippen LogP contribution in [0.15, 0.2) is 41.7 Å². The summed E-state index contributed by atoms with van der Waals surface area (Å²) in [7, 11) is 0. The molecular formula is C24H38N6O2. The lowest BCUT2D eigenvalue weighted by atomic mass is 10.1. The molecule has 176 valence electrons. The zero-order valence-electron chi connectivity index (χ0n) is 20.2. The van der Waals surface area contributed by atoms with E-state index in [9.17, 15) is 4.79 Å². The Morgan fingerprint density at radius 1 is 1.19 bits per heavy atom. The highest BCUT2D eigenvalue weighted by Gasteiger charge is 2.16. The Hall–Kier alpha value is -3.03. The van der Waals surface area contributed by atoms with Gasteiger partial charge in [0.15, 0.2) is 5.96 Å². The van der Waals surface area contributed by atoms with Crippen molar-refractivity contribution < 1.29 is 9.53 Å². The van der Waals surface area contributed by atoms with E-state index in [4.69, 9.17) is 4.74 Å². The summed E-state index contributed by atoms with van der Waals surface area (Å²) in [5, 5.41) is 9.41. The summed E-state index contributed by atoms with van der Waals surface area (Å²) in [6, 6.07) is 7.77. The van der Waals surface area contributed by atoms with Crippen LogP contribution in [0, 0.1) is 5.92 Å². The molecule has 1 heterocycles. The van der Waals surface area contributed by atoms with Crippen molar-refractivity contribution >= 4 is 17.7 Å². The second kappa shape index (κ2) is 12.1. The molecule has 0 aliphatic heterocycles. The van der Waals surface area contributed by atoms with Crippen LogP contribution < -0.4 is 16.0 Å². The van der Waals surface area contributed by atoms with Crippen LogP contribution in [-0.2, 0) is 24.2 Å². The minimum absolute atomic E-state index is 0.451. The predicted molar refractivity (Wildman–Crippen MR) is 130 cm³/mol. The molecule has 0 unspecified atom stereocenters. The SMILES string of the molecule is CCNC(=NCc1nccn1CC(C)C)NCCc1ccc(NC(=O)OC(C)(C)C)cc1. The van der Waals surface area contributed by atoms with Gasteiger partial charge in [-0.25, -0.2) is 14.8 Å². The van der Waals surface area contributed by atoms with Crippen LogP contribution >= 0.6 is 0 Å². The second-order valence-corrected chi connectivity index (χ2v) is 9.09. The maximum absolute atomic E-state index is 11.9. The fourth-order valence-electron chi connectivity index (χ4n) is 3.04. The van der Waals surface area contributed by atoms with Gasteiger partial charge in [0, 0.05) is 37.7 Å². The van der Waals surface area contributed by atoms with Crippen molar-refractivity contribution in [3.63, 3.8) is 0 Å². The minimum atomic E-state index is -0.519. The van der Waals surface area contributed by atoms with E-state index >= 15 is 0 Å². The topological polar surface area (TPSA) is 92.6 Å². The quantitative estimate of drug-likeness (QED) is 0.400. The minimum Gasteiger partial charge on any atom is -0.444 e. The fraction of sp³-hybridized carbons (Fsp3) is 0.542. The van der Waals surface area contributed by atoms with Gasteiger partial charge >= 0.3 is 6.09 Å². The molecule has 0 bridgehead atoms. The van der Waals surface area contributed by atoms with Crippen LogP contribution in [0.2, 0.25) is 0 Å². The van der Waals surface area contributed by atoms with Crippen molar-refractivity contribution in [1.82, 2.24) is 20.2 Å². The van der Waals surface area contributed by atoms with Gasteiger partial charge in [-0.2, -0.15) is 0 Å². The number of guanidine groups is 1. The van der Waals surface area contributed by atoms with E-state index in [0.29, 0.717) is 18.2 Å². The zero-order valence-corrected chi connectivity index (χ0v) is 20.2. The number of anilines is 1. The Morgan fingerprint density at radius 3 is 2.53 bits per heavy atom. The summed E-state index contributed by atoms with van der Waals surface area (Å²) in [5.41, 5.74) is 1.35.